The quantitative estimate of drug-likeness (QED) is 0.782. The van der Waals surface area contributed by atoms with Gasteiger partial charge in [-0.15, -0.1) is 0 Å². The van der Waals surface area contributed by atoms with Crippen LogP contribution < -0.4 is 4.90 Å². The van der Waals surface area contributed by atoms with E-state index in [1.807, 2.05) is 29.2 Å². The number of carboxylic acid groups (broad SMARTS) is 1. The molecule has 1 heterocycles. The van der Waals surface area contributed by atoms with E-state index in [0.29, 0.717) is 13.1 Å². The van der Waals surface area contributed by atoms with Crippen molar-refractivity contribution in [3.05, 3.63) is 29.8 Å². The molecular formula is C11H12N2O2. The first-order chi connectivity index (χ1) is 7.27. The summed E-state index contributed by atoms with van der Waals surface area (Å²) in [6.45, 7) is 1.32. The summed E-state index contributed by atoms with van der Waals surface area (Å²) in [4.78, 5) is 16.8. The molecule has 0 saturated carbocycles. The monoisotopic (exact) mass is 204 g/mol. The molecule has 1 aromatic carbocycles. The van der Waals surface area contributed by atoms with Crippen molar-refractivity contribution in [2.75, 3.05) is 24.5 Å². The van der Waals surface area contributed by atoms with E-state index in [1.165, 1.54) is 0 Å². The summed E-state index contributed by atoms with van der Waals surface area (Å²) in [6.07, 6.45) is 1.80. The zero-order valence-corrected chi connectivity index (χ0v) is 8.26. The zero-order chi connectivity index (χ0) is 10.7. The van der Waals surface area contributed by atoms with Gasteiger partial charge < -0.3 is 10.0 Å². The SMILES string of the molecule is O=C(O)CN1CCN=Cc2ccccc21. The molecule has 0 unspecified atom stereocenters. The van der Waals surface area contributed by atoms with Gasteiger partial charge in [-0.2, -0.15) is 0 Å². The van der Waals surface area contributed by atoms with Gasteiger partial charge in [0, 0.05) is 24.0 Å². The molecule has 0 radical (unpaired) electrons. The minimum Gasteiger partial charge on any atom is -0.480 e. The number of benzene rings is 1. The van der Waals surface area contributed by atoms with Gasteiger partial charge in [-0.25, -0.2) is 0 Å². The van der Waals surface area contributed by atoms with E-state index in [2.05, 4.69) is 4.99 Å². The largest absolute Gasteiger partial charge is 0.480 e. The standard InChI is InChI=1S/C11H12N2O2/c14-11(15)8-13-6-5-12-7-9-3-1-2-4-10(9)13/h1-4,7H,5-6,8H2,(H,14,15). The van der Waals surface area contributed by atoms with Gasteiger partial charge >= 0.3 is 5.97 Å². The highest BCUT2D eigenvalue weighted by Crippen LogP contribution is 2.20. The van der Waals surface area contributed by atoms with Gasteiger partial charge in [0.05, 0.1) is 6.54 Å². The third-order valence-corrected chi connectivity index (χ3v) is 2.33. The van der Waals surface area contributed by atoms with E-state index in [9.17, 15) is 4.79 Å². The second kappa shape index (κ2) is 4.13. The summed E-state index contributed by atoms with van der Waals surface area (Å²) in [5, 5.41) is 8.80. The number of aliphatic imine (C=N–C) groups is 1. The minimum atomic E-state index is -0.813. The molecule has 15 heavy (non-hydrogen) atoms. The fourth-order valence-electron chi connectivity index (χ4n) is 1.67. The highest BCUT2D eigenvalue weighted by atomic mass is 16.4. The third-order valence-electron chi connectivity index (χ3n) is 2.33. The van der Waals surface area contributed by atoms with Crippen LogP contribution in [0, 0.1) is 0 Å². The molecule has 0 amide bonds. The van der Waals surface area contributed by atoms with E-state index in [-0.39, 0.29) is 6.54 Å². The molecule has 0 aliphatic carbocycles. The Morgan fingerprint density at radius 1 is 1.47 bits per heavy atom. The fraction of sp³-hybridized carbons (Fsp3) is 0.273. The Labute approximate surface area is 87.9 Å². The summed E-state index contributed by atoms with van der Waals surface area (Å²) in [6, 6.07) is 7.70. The molecule has 0 aromatic heterocycles. The number of carboxylic acids is 1. The molecule has 0 saturated heterocycles. The maximum absolute atomic E-state index is 10.7. The van der Waals surface area contributed by atoms with Crippen LogP contribution in [0.15, 0.2) is 29.3 Å². The van der Waals surface area contributed by atoms with Crippen molar-refractivity contribution in [2.24, 2.45) is 4.99 Å². The smallest absolute Gasteiger partial charge is 0.323 e. The summed E-state index contributed by atoms with van der Waals surface area (Å²) >= 11 is 0. The number of fused-ring (bicyclic) bond motifs is 1. The van der Waals surface area contributed by atoms with Crippen LogP contribution in [0.5, 0.6) is 0 Å². The summed E-state index contributed by atoms with van der Waals surface area (Å²) in [5.41, 5.74) is 1.93. The van der Waals surface area contributed by atoms with E-state index >= 15 is 0 Å². The lowest BCUT2D eigenvalue weighted by Crippen LogP contribution is -2.31. The Balaban J connectivity index is 2.33. The second-order valence-electron chi connectivity index (χ2n) is 3.41. The molecule has 4 heteroatoms. The van der Waals surface area contributed by atoms with Crippen LogP contribution >= 0.6 is 0 Å². The van der Waals surface area contributed by atoms with Crippen molar-refractivity contribution >= 4 is 17.9 Å². The van der Waals surface area contributed by atoms with Gasteiger partial charge in [0.1, 0.15) is 6.54 Å². The molecule has 0 fully saturated rings. The van der Waals surface area contributed by atoms with Gasteiger partial charge in [-0.3, -0.25) is 9.79 Å². The van der Waals surface area contributed by atoms with Gasteiger partial charge in [0.15, 0.2) is 0 Å². The Kier molecular flexibility index (Phi) is 2.67. The molecule has 0 atom stereocenters. The Morgan fingerprint density at radius 2 is 2.27 bits per heavy atom. The average Bonchev–Trinajstić information content (AvgIpc) is 2.41. The van der Waals surface area contributed by atoms with Crippen molar-refractivity contribution in [3.8, 4) is 0 Å². The summed E-state index contributed by atoms with van der Waals surface area (Å²) in [5.74, 6) is -0.813. The molecule has 0 bridgehead atoms. The average molecular weight is 204 g/mol. The Hall–Kier alpha value is -1.84. The molecule has 1 aliphatic rings. The number of benzodiazepines with no additional fused rings is 1. The van der Waals surface area contributed by atoms with Crippen LogP contribution in [-0.2, 0) is 4.79 Å². The highest BCUT2D eigenvalue weighted by Gasteiger charge is 2.14. The molecular weight excluding hydrogens is 192 g/mol. The number of rotatable bonds is 2. The normalized spacial score (nSPS) is 14.5. The van der Waals surface area contributed by atoms with Crippen molar-refractivity contribution in [2.45, 2.75) is 0 Å². The number of carbonyl (C=O) groups is 1. The Morgan fingerprint density at radius 3 is 3.07 bits per heavy atom. The highest BCUT2D eigenvalue weighted by molar-refractivity contribution is 5.89. The molecule has 1 aromatic rings. The van der Waals surface area contributed by atoms with Crippen LogP contribution in [-0.4, -0.2) is 36.9 Å². The topological polar surface area (TPSA) is 52.9 Å². The van der Waals surface area contributed by atoms with Crippen molar-refractivity contribution < 1.29 is 9.90 Å². The molecule has 2 rings (SSSR count). The van der Waals surface area contributed by atoms with Crippen LogP contribution in [0.1, 0.15) is 5.56 Å². The van der Waals surface area contributed by atoms with Crippen LogP contribution in [0.2, 0.25) is 0 Å². The fourth-order valence-corrected chi connectivity index (χ4v) is 1.67. The lowest BCUT2D eigenvalue weighted by atomic mass is 10.2. The first-order valence-electron chi connectivity index (χ1n) is 4.83. The van der Waals surface area contributed by atoms with Crippen LogP contribution in [0.4, 0.5) is 5.69 Å². The number of anilines is 1. The lowest BCUT2D eigenvalue weighted by molar-refractivity contribution is -0.135. The van der Waals surface area contributed by atoms with Crippen molar-refractivity contribution in [1.82, 2.24) is 0 Å². The predicted molar refractivity (Wildman–Crippen MR) is 58.8 cm³/mol. The van der Waals surface area contributed by atoms with Crippen LogP contribution in [0.25, 0.3) is 0 Å². The number of hydrogen-bond donors (Lipinski definition) is 1. The molecule has 0 spiro atoms. The van der Waals surface area contributed by atoms with Crippen LogP contribution in [0.3, 0.4) is 0 Å². The van der Waals surface area contributed by atoms with E-state index in [0.717, 1.165) is 11.3 Å². The van der Waals surface area contributed by atoms with E-state index in [4.69, 9.17) is 5.11 Å². The van der Waals surface area contributed by atoms with Crippen molar-refractivity contribution in [1.29, 1.82) is 0 Å². The number of aliphatic carboxylic acids is 1. The zero-order valence-electron chi connectivity index (χ0n) is 8.26. The van der Waals surface area contributed by atoms with E-state index < -0.39 is 5.97 Å². The Bertz CT molecular complexity index is 401. The van der Waals surface area contributed by atoms with E-state index in [1.54, 1.807) is 6.21 Å². The predicted octanol–water partition coefficient (Wildman–Crippen LogP) is 1.01. The number of hydrogen-bond acceptors (Lipinski definition) is 3. The summed E-state index contributed by atoms with van der Waals surface area (Å²) < 4.78 is 0. The second-order valence-corrected chi connectivity index (χ2v) is 3.41. The summed E-state index contributed by atoms with van der Waals surface area (Å²) in [7, 11) is 0. The number of para-hydroxylation sites is 1. The van der Waals surface area contributed by atoms with Gasteiger partial charge in [-0.1, -0.05) is 18.2 Å². The maximum Gasteiger partial charge on any atom is 0.323 e. The molecule has 1 N–H and O–H groups in total. The van der Waals surface area contributed by atoms with Crippen molar-refractivity contribution in [3.63, 3.8) is 0 Å². The first-order valence-corrected chi connectivity index (χ1v) is 4.83. The molecule has 1 aliphatic heterocycles. The minimum absolute atomic E-state index is 0.0281. The van der Waals surface area contributed by atoms with Gasteiger partial charge in [0.25, 0.3) is 0 Å². The third kappa shape index (κ3) is 2.15. The lowest BCUT2D eigenvalue weighted by Gasteiger charge is -2.21. The van der Waals surface area contributed by atoms with Gasteiger partial charge in [-0.05, 0) is 6.07 Å². The molecule has 78 valence electrons. The van der Waals surface area contributed by atoms with Gasteiger partial charge in [0.2, 0.25) is 0 Å². The number of nitrogens with zero attached hydrogens (tertiary/aromatic N) is 2. The maximum atomic E-state index is 10.7. The first kappa shape index (κ1) is 9.71. The molecule has 4 nitrogen and oxygen atoms in total.